The quantitative estimate of drug-likeness (QED) is 0.546. The first-order valence-electron chi connectivity index (χ1n) is 7.63. The fourth-order valence-electron chi connectivity index (χ4n) is 2.40. The van der Waals surface area contributed by atoms with E-state index in [1.807, 2.05) is 13.8 Å². The van der Waals surface area contributed by atoms with Gasteiger partial charge in [-0.25, -0.2) is 0 Å². The Balaban J connectivity index is 1.75. The lowest BCUT2D eigenvalue weighted by Crippen LogP contribution is -2.06. The largest absolute Gasteiger partial charge is 0.384 e. The standard InChI is InChI=1S/C16H17N5O3/c1-10(2)16-19-15(24-20-16)6-8-18-13-3-4-14(21(22)23)12-9-17-7-5-11(12)13/h3-5,7,9-10,18H,6,8H2,1-2H3. The number of fused-ring (bicyclic) bond motifs is 1. The predicted molar refractivity (Wildman–Crippen MR) is 89.0 cm³/mol. The summed E-state index contributed by atoms with van der Waals surface area (Å²) in [5, 5.41) is 19.6. The average molecular weight is 327 g/mol. The van der Waals surface area contributed by atoms with Gasteiger partial charge in [-0.2, -0.15) is 4.98 Å². The number of hydrogen-bond donors (Lipinski definition) is 1. The zero-order chi connectivity index (χ0) is 17.1. The van der Waals surface area contributed by atoms with E-state index in [1.165, 1.54) is 12.3 Å². The number of non-ortho nitro benzene ring substituents is 1. The van der Waals surface area contributed by atoms with Crippen LogP contribution in [0, 0.1) is 10.1 Å². The highest BCUT2D eigenvalue weighted by atomic mass is 16.6. The molecule has 8 nitrogen and oxygen atoms in total. The molecule has 0 saturated carbocycles. The third kappa shape index (κ3) is 3.17. The van der Waals surface area contributed by atoms with Crippen molar-refractivity contribution in [2.24, 2.45) is 0 Å². The molecule has 1 aromatic carbocycles. The van der Waals surface area contributed by atoms with E-state index in [1.54, 1.807) is 18.3 Å². The minimum atomic E-state index is -0.403. The summed E-state index contributed by atoms with van der Waals surface area (Å²) < 4.78 is 5.20. The summed E-state index contributed by atoms with van der Waals surface area (Å²) in [6, 6.07) is 4.94. The van der Waals surface area contributed by atoms with E-state index in [2.05, 4.69) is 20.4 Å². The van der Waals surface area contributed by atoms with Gasteiger partial charge in [0.15, 0.2) is 5.82 Å². The van der Waals surface area contributed by atoms with E-state index < -0.39 is 4.92 Å². The first-order valence-corrected chi connectivity index (χ1v) is 7.63. The molecule has 0 amide bonds. The normalized spacial score (nSPS) is 11.1. The first-order chi connectivity index (χ1) is 11.6. The van der Waals surface area contributed by atoms with Crippen LogP contribution in [-0.4, -0.2) is 26.6 Å². The predicted octanol–water partition coefficient (Wildman–Crippen LogP) is 3.30. The minimum Gasteiger partial charge on any atom is -0.384 e. The number of rotatable bonds is 6. The Bertz CT molecular complexity index is 875. The number of nitro benzene ring substituents is 1. The third-order valence-corrected chi connectivity index (χ3v) is 3.65. The molecule has 124 valence electrons. The molecule has 24 heavy (non-hydrogen) atoms. The van der Waals surface area contributed by atoms with Gasteiger partial charge in [-0.3, -0.25) is 15.1 Å². The SMILES string of the molecule is CC(C)c1noc(CCNc2ccc([N+](=O)[O-])c3cnccc23)n1. The molecule has 0 aliphatic heterocycles. The highest BCUT2D eigenvalue weighted by molar-refractivity contribution is 5.99. The molecular formula is C16H17N5O3. The fourth-order valence-corrected chi connectivity index (χ4v) is 2.40. The van der Waals surface area contributed by atoms with Crippen LogP contribution in [0.2, 0.25) is 0 Å². The van der Waals surface area contributed by atoms with E-state index >= 15 is 0 Å². The third-order valence-electron chi connectivity index (χ3n) is 3.65. The van der Waals surface area contributed by atoms with Crippen LogP contribution in [0.25, 0.3) is 10.8 Å². The maximum Gasteiger partial charge on any atom is 0.278 e. The summed E-state index contributed by atoms with van der Waals surface area (Å²) in [6.07, 6.45) is 3.69. The molecule has 8 heteroatoms. The van der Waals surface area contributed by atoms with Gasteiger partial charge < -0.3 is 9.84 Å². The number of pyridine rings is 1. The summed E-state index contributed by atoms with van der Waals surface area (Å²) in [4.78, 5) is 19.0. The Morgan fingerprint density at radius 2 is 2.12 bits per heavy atom. The van der Waals surface area contributed by atoms with Crippen LogP contribution in [0.5, 0.6) is 0 Å². The fraction of sp³-hybridized carbons (Fsp3) is 0.312. The van der Waals surface area contributed by atoms with Crippen molar-refractivity contribution in [3.05, 3.63) is 52.4 Å². The van der Waals surface area contributed by atoms with Crippen molar-refractivity contribution in [2.45, 2.75) is 26.2 Å². The van der Waals surface area contributed by atoms with Gasteiger partial charge in [0.05, 0.1) is 10.3 Å². The van der Waals surface area contributed by atoms with Gasteiger partial charge in [-0.15, -0.1) is 0 Å². The van der Waals surface area contributed by atoms with E-state index in [0.29, 0.717) is 30.1 Å². The lowest BCUT2D eigenvalue weighted by atomic mass is 10.1. The lowest BCUT2D eigenvalue weighted by molar-refractivity contribution is -0.383. The van der Waals surface area contributed by atoms with Crippen LogP contribution in [0.1, 0.15) is 31.5 Å². The molecule has 1 N–H and O–H groups in total. The molecule has 0 atom stereocenters. The number of nitrogens with zero attached hydrogens (tertiary/aromatic N) is 4. The van der Waals surface area contributed by atoms with Gasteiger partial charge in [-0.1, -0.05) is 19.0 Å². The molecule has 0 aliphatic carbocycles. The number of hydrogen-bond acceptors (Lipinski definition) is 7. The molecule has 0 bridgehead atoms. The van der Waals surface area contributed by atoms with Crippen LogP contribution < -0.4 is 5.32 Å². The zero-order valence-corrected chi connectivity index (χ0v) is 13.4. The molecule has 0 spiro atoms. The number of anilines is 1. The van der Waals surface area contributed by atoms with Gasteiger partial charge in [0.2, 0.25) is 5.89 Å². The van der Waals surface area contributed by atoms with Gasteiger partial charge in [0.1, 0.15) is 0 Å². The van der Waals surface area contributed by atoms with E-state index in [9.17, 15) is 10.1 Å². The Morgan fingerprint density at radius 3 is 2.83 bits per heavy atom. The average Bonchev–Trinajstić information content (AvgIpc) is 3.04. The molecule has 3 rings (SSSR count). The van der Waals surface area contributed by atoms with Crippen LogP contribution in [0.15, 0.2) is 35.1 Å². The van der Waals surface area contributed by atoms with Crippen molar-refractivity contribution in [2.75, 3.05) is 11.9 Å². The smallest absolute Gasteiger partial charge is 0.278 e. The summed E-state index contributed by atoms with van der Waals surface area (Å²) >= 11 is 0. The highest BCUT2D eigenvalue weighted by Gasteiger charge is 2.14. The summed E-state index contributed by atoms with van der Waals surface area (Å²) in [6.45, 7) is 4.59. The number of aromatic nitrogens is 3. The molecule has 0 aliphatic rings. The maximum atomic E-state index is 11.1. The second-order valence-electron chi connectivity index (χ2n) is 5.69. The topological polar surface area (TPSA) is 107 Å². The maximum absolute atomic E-state index is 11.1. The lowest BCUT2D eigenvalue weighted by Gasteiger charge is -2.08. The highest BCUT2D eigenvalue weighted by Crippen LogP contribution is 2.30. The van der Waals surface area contributed by atoms with Crippen LogP contribution in [-0.2, 0) is 6.42 Å². The second kappa shape index (κ2) is 6.61. The Morgan fingerprint density at radius 1 is 1.29 bits per heavy atom. The first kappa shape index (κ1) is 15.9. The molecule has 0 fully saturated rings. The van der Waals surface area contributed by atoms with Crippen molar-refractivity contribution in [1.82, 2.24) is 15.1 Å². The number of nitrogens with one attached hydrogen (secondary N) is 1. The molecular weight excluding hydrogens is 310 g/mol. The van der Waals surface area contributed by atoms with Crippen molar-refractivity contribution >= 4 is 22.1 Å². The van der Waals surface area contributed by atoms with Gasteiger partial charge in [-0.05, 0) is 12.1 Å². The number of benzene rings is 1. The Hall–Kier alpha value is -3.03. The molecule has 0 unspecified atom stereocenters. The summed E-state index contributed by atoms with van der Waals surface area (Å²) in [5.41, 5.74) is 0.851. The van der Waals surface area contributed by atoms with Crippen molar-refractivity contribution in [3.8, 4) is 0 Å². The van der Waals surface area contributed by atoms with Crippen LogP contribution >= 0.6 is 0 Å². The van der Waals surface area contributed by atoms with Gasteiger partial charge >= 0.3 is 0 Å². The van der Waals surface area contributed by atoms with Crippen LogP contribution in [0.4, 0.5) is 11.4 Å². The second-order valence-corrected chi connectivity index (χ2v) is 5.69. The van der Waals surface area contributed by atoms with E-state index in [-0.39, 0.29) is 11.6 Å². The Kier molecular flexibility index (Phi) is 4.37. The van der Waals surface area contributed by atoms with Crippen molar-refractivity contribution in [3.63, 3.8) is 0 Å². The van der Waals surface area contributed by atoms with Gasteiger partial charge in [0.25, 0.3) is 5.69 Å². The molecule has 0 radical (unpaired) electrons. The molecule has 2 heterocycles. The van der Waals surface area contributed by atoms with Crippen molar-refractivity contribution < 1.29 is 9.45 Å². The summed E-state index contributed by atoms with van der Waals surface area (Å²) in [5.74, 6) is 1.48. The number of nitro groups is 1. The molecule has 0 saturated heterocycles. The Labute approximate surface area is 138 Å². The van der Waals surface area contributed by atoms with Crippen LogP contribution in [0.3, 0.4) is 0 Å². The monoisotopic (exact) mass is 327 g/mol. The van der Waals surface area contributed by atoms with E-state index in [0.717, 1.165) is 11.1 Å². The van der Waals surface area contributed by atoms with E-state index in [4.69, 9.17) is 4.52 Å². The molecule has 3 aromatic rings. The zero-order valence-electron chi connectivity index (χ0n) is 13.4. The summed E-state index contributed by atoms with van der Waals surface area (Å²) in [7, 11) is 0. The van der Waals surface area contributed by atoms with Gasteiger partial charge in [0, 0.05) is 48.4 Å². The van der Waals surface area contributed by atoms with Crippen molar-refractivity contribution in [1.29, 1.82) is 0 Å². The molecule has 2 aromatic heterocycles. The minimum absolute atomic E-state index is 0.0436.